The van der Waals surface area contributed by atoms with E-state index in [2.05, 4.69) is 10.6 Å². The highest BCUT2D eigenvalue weighted by Crippen LogP contribution is 2.66. The lowest BCUT2D eigenvalue weighted by molar-refractivity contribution is -0.192. The second-order valence-electron chi connectivity index (χ2n) is 12.9. The predicted octanol–water partition coefficient (Wildman–Crippen LogP) is -0.529. The van der Waals surface area contributed by atoms with Crippen LogP contribution in [0.4, 0.5) is 0 Å². The average molecular weight is 706 g/mol. The number of hydrogen-bond donors (Lipinski definition) is 7. The number of carboxylic acids is 2. The molecule has 7 N–H and O–H groups in total. The first-order valence-electron chi connectivity index (χ1n) is 15.8. The van der Waals surface area contributed by atoms with E-state index in [1.54, 1.807) is 6.07 Å². The van der Waals surface area contributed by atoms with Gasteiger partial charge in [-0.3, -0.25) is 24.1 Å². The van der Waals surface area contributed by atoms with Crippen LogP contribution in [-0.2, 0) is 50.1 Å². The summed E-state index contributed by atoms with van der Waals surface area (Å²) in [5.41, 5.74) is -1.41. The van der Waals surface area contributed by atoms with Gasteiger partial charge in [0.25, 0.3) is 0 Å². The molecule has 0 aromatic heterocycles. The molecule has 2 aliphatic carbocycles. The van der Waals surface area contributed by atoms with Gasteiger partial charge >= 0.3 is 23.9 Å². The Labute approximate surface area is 287 Å². The number of esters is 2. The van der Waals surface area contributed by atoms with E-state index in [-0.39, 0.29) is 31.1 Å². The van der Waals surface area contributed by atoms with Crippen LogP contribution in [0.5, 0.6) is 11.5 Å². The zero-order valence-electron chi connectivity index (χ0n) is 27.0. The number of hydrogen-bond acceptors (Lipinski definition) is 13. The van der Waals surface area contributed by atoms with Gasteiger partial charge in [0, 0.05) is 12.0 Å². The van der Waals surface area contributed by atoms with E-state index in [1.807, 2.05) is 11.9 Å². The minimum Gasteiger partial charge on any atom is -0.504 e. The van der Waals surface area contributed by atoms with Gasteiger partial charge < -0.3 is 50.4 Å². The molecule has 2 bridgehead atoms. The number of phenolic OH excluding ortho intramolecular Hbond substituents is 1. The fourth-order valence-corrected chi connectivity index (χ4v) is 7.60. The highest BCUT2D eigenvalue weighted by atomic mass is 16.6. The molecule has 17 heteroatoms. The number of aliphatic carboxylic acids is 2. The first-order chi connectivity index (χ1) is 23.0. The number of aliphatic hydroxyl groups excluding tert-OH is 2. The molecule has 0 radical (unpaired) electrons. The van der Waals surface area contributed by atoms with E-state index in [0.29, 0.717) is 31.4 Å². The fourth-order valence-electron chi connectivity index (χ4n) is 7.60. The highest BCUT2D eigenvalue weighted by molar-refractivity contribution is 5.90. The molecule has 0 unspecified atom stereocenters. The predicted molar refractivity (Wildman–Crippen MR) is 170 cm³/mol. The molecule has 8 atom stereocenters. The molecule has 0 saturated carbocycles. The number of likely N-dealkylation sites (tertiary alicyclic amines) is 1. The van der Waals surface area contributed by atoms with Gasteiger partial charge in [0.1, 0.15) is 35.7 Å². The number of benzene rings is 1. The van der Waals surface area contributed by atoms with Gasteiger partial charge in [-0.1, -0.05) is 13.5 Å². The van der Waals surface area contributed by atoms with Crippen LogP contribution in [-0.4, -0.2) is 122 Å². The Morgan fingerprint density at radius 3 is 2.12 bits per heavy atom. The number of nitrogens with zero attached hydrogens (tertiary/aromatic N) is 1. The van der Waals surface area contributed by atoms with Gasteiger partial charge in [0.15, 0.2) is 17.6 Å². The van der Waals surface area contributed by atoms with Crippen LogP contribution >= 0.6 is 0 Å². The third-order valence-corrected chi connectivity index (χ3v) is 9.80. The van der Waals surface area contributed by atoms with Crippen molar-refractivity contribution in [3.63, 3.8) is 0 Å². The number of nitrogens with one attached hydrogen (secondary N) is 2. The monoisotopic (exact) mass is 705 g/mol. The zero-order chi connectivity index (χ0) is 36.0. The molecular formula is C33H43N3O14. The summed E-state index contributed by atoms with van der Waals surface area (Å²) in [5, 5.41) is 53.6. The molecule has 1 aromatic rings. The Hall–Kier alpha value is -4.74. The van der Waals surface area contributed by atoms with Gasteiger partial charge in [-0.2, -0.15) is 0 Å². The number of rotatable bonds is 12. The zero-order valence-corrected chi connectivity index (χ0v) is 27.0. The number of carboxylic acid groups (broad SMARTS) is 2. The standard InChI is InChI=1S/C32H39N3O14.CH4/c1-14(36)27(41)33-17(29(43)44)12-22(39)47-20-7-9-32(49-23(40)13-18(30(45)46)34-28(42)15(2)37)21-11-16-5-6-19(38)25-24(16)31(32,26(20)48-25)8-4-10-35(21)3;/h5-7,14-15,17-18,21,26,36-38H,4,8-13H2,1-3H3,(H,33,41)(H,34,42)(H,43,44)(H,45,46);1H4/t14-,15-,17-,18-,21+,26-,31-,32+;/m0./s1. The first-order valence-corrected chi connectivity index (χ1v) is 15.8. The molecule has 2 heterocycles. The number of ether oxygens (including phenoxy) is 3. The number of phenols is 1. The van der Waals surface area contributed by atoms with E-state index < -0.39 is 96.0 Å². The molecule has 2 amide bonds. The summed E-state index contributed by atoms with van der Waals surface area (Å²) < 4.78 is 18.5. The topological polar surface area (TPSA) is 259 Å². The Kier molecular flexibility index (Phi) is 10.8. The SMILES string of the molecule is C.C[C@H](O)C(=O)N[C@@H](CC(=O)OC1=CC[C@@]2(OC(=O)C[C@H](NC(=O)[C@H](C)O)C(=O)O)[C@H]3Cc4ccc(O)c5c4[C@@]2(CCCN3C)[C@H]1O5)C(=O)O. The summed E-state index contributed by atoms with van der Waals surface area (Å²) in [7, 11) is 1.85. The van der Waals surface area contributed by atoms with Crippen LogP contribution < -0.4 is 15.4 Å². The molecule has 2 aliphatic heterocycles. The van der Waals surface area contributed by atoms with Crippen LogP contribution in [0.15, 0.2) is 24.0 Å². The Bertz CT molecular complexity index is 1610. The Balaban J connectivity index is 0.00000562. The van der Waals surface area contributed by atoms with Crippen molar-refractivity contribution in [1.82, 2.24) is 15.5 Å². The number of likely N-dealkylation sites (N-methyl/N-ethyl adjacent to an activating group) is 1. The minimum atomic E-state index is -1.73. The van der Waals surface area contributed by atoms with Crippen LogP contribution in [0.25, 0.3) is 0 Å². The third kappa shape index (κ3) is 6.47. The van der Waals surface area contributed by atoms with E-state index in [1.165, 1.54) is 12.1 Å². The van der Waals surface area contributed by atoms with Crippen molar-refractivity contribution in [3.05, 3.63) is 35.1 Å². The lowest BCUT2D eigenvalue weighted by atomic mass is 9.52. The van der Waals surface area contributed by atoms with Crippen LogP contribution in [0, 0.1) is 0 Å². The largest absolute Gasteiger partial charge is 0.504 e. The molecular weight excluding hydrogens is 662 g/mol. The van der Waals surface area contributed by atoms with Crippen molar-refractivity contribution in [2.75, 3.05) is 13.6 Å². The Morgan fingerprint density at radius 1 is 0.980 bits per heavy atom. The molecule has 1 spiro atoms. The van der Waals surface area contributed by atoms with Crippen LogP contribution in [0.2, 0.25) is 0 Å². The van der Waals surface area contributed by atoms with E-state index in [4.69, 9.17) is 14.2 Å². The fraction of sp³-hybridized carbons (Fsp3) is 0.576. The summed E-state index contributed by atoms with van der Waals surface area (Å²) in [6.45, 7) is 2.82. The van der Waals surface area contributed by atoms with Gasteiger partial charge in [0.2, 0.25) is 11.8 Å². The average Bonchev–Trinajstić information content (AvgIpc) is 3.36. The summed E-state index contributed by atoms with van der Waals surface area (Å²) in [6.07, 6.45) is -3.24. The summed E-state index contributed by atoms with van der Waals surface area (Å²) >= 11 is 0. The number of carbonyl (C=O) groups excluding carboxylic acids is 4. The third-order valence-electron chi connectivity index (χ3n) is 9.80. The van der Waals surface area contributed by atoms with Gasteiger partial charge in [-0.05, 0) is 64.4 Å². The molecule has 50 heavy (non-hydrogen) atoms. The van der Waals surface area contributed by atoms with Crippen molar-refractivity contribution in [3.8, 4) is 11.5 Å². The van der Waals surface area contributed by atoms with Crippen molar-refractivity contribution in [1.29, 1.82) is 0 Å². The maximum atomic E-state index is 13.7. The molecule has 274 valence electrons. The lowest BCUT2D eigenvalue weighted by Gasteiger charge is -2.58. The summed E-state index contributed by atoms with van der Waals surface area (Å²) in [4.78, 5) is 76.8. The normalized spacial score (nSPS) is 26.9. The molecule has 17 nitrogen and oxygen atoms in total. The number of amides is 2. The van der Waals surface area contributed by atoms with Crippen molar-refractivity contribution in [2.24, 2.45) is 0 Å². The van der Waals surface area contributed by atoms with E-state index in [0.717, 1.165) is 19.4 Å². The maximum absolute atomic E-state index is 13.7. The number of aliphatic hydroxyl groups is 2. The van der Waals surface area contributed by atoms with Gasteiger partial charge in [0.05, 0.1) is 24.3 Å². The first kappa shape index (κ1) is 38.1. The van der Waals surface area contributed by atoms with Crippen molar-refractivity contribution >= 4 is 35.7 Å². The molecule has 1 saturated heterocycles. The second-order valence-corrected chi connectivity index (χ2v) is 12.9. The van der Waals surface area contributed by atoms with Crippen LogP contribution in [0.3, 0.4) is 0 Å². The maximum Gasteiger partial charge on any atom is 0.326 e. The number of carbonyl (C=O) groups is 6. The quantitative estimate of drug-likeness (QED) is 0.135. The highest BCUT2D eigenvalue weighted by Gasteiger charge is 2.73. The smallest absolute Gasteiger partial charge is 0.326 e. The van der Waals surface area contributed by atoms with Gasteiger partial charge in [-0.15, -0.1) is 0 Å². The summed E-state index contributed by atoms with van der Waals surface area (Å²) in [6, 6.07) is -0.757. The molecule has 4 aliphatic rings. The summed E-state index contributed by atoms with van der Waals surface area (Å²) in [5.74, 6) is -7.26. The minimum absolute atomic E-state index is 0. The Morgan fingerprint density at radius 2 is 1.56 bits per heavy atom. The van der Waals surface area contributed by atoms with E-state index >= 15 is 0 Å². The van der Waals surface area contributed by atoms with Crippen molar-refractivity contribution < 1.29 is 68.5 Å². The van der Waals surface area contributed by atoms with Gasteiger partial charge in [-0.25, -0.2) is 9.59 Å². The van der Waals surface area contributed by atoms with Crippen LogP contribution in [0.1, 0.15) is 64.5 Å². The lowest BCUT2D eigenvalue weighted by Crippen LogP contribution is -2.71. The van der Waals surface area contributed by atoms with E-state index in [9.17, 15) is 54.3 Å². The molecule has 1 aromatic carbocycles. The van der Waals surface area contributed by atoms with Crippen molar-refractivity contribution in [2.45, 2.75) is 107 Å². The second kappa shape index (κ2) is 14.2. The number of aromatic hydroxyl groups is 1. The molecule has 5 rings (SSSR count). The molecule has 1 fully saturated rings.